The highest BCUT2D eigenvalue weighted by Gasteiger charge is 2.11. The van der Waals surface area contributed by atoms with Gasteiger partial charge in [-0.2, -0.15) is 0 Å². The number of phenols is 2. The van der Waals surface area contributed by atoms with Crippen LogP contribution in [0.3, 0.4) is 0 Å². The maximum absolute atomic E-state index is 9.46. The highest BCUT2D eigenvalue weighted by molar-refractivity contribution is 5.45. The summed E-state index contributed by atoms with van der Waals surface area (Å²) >= 11 is 0. The molecule has 0 aliphatic heterocycles. The van der Waals surface area contributed by atoms with Crippen LogP contribution >= 0.6 is 0 Å². The summed E-state index contributed by atoms with van der Waals surface area (Å²) in [4.78, 5) is 0. The topological polar surface area (TPSA) is 66.5 Å². The lowest BCUT2D eigenvalue weighted by molar-refractivity contribution is 0.394. The van der Waals surface area contributed by atoms with Gasteiger partial charge in [0.15, 0.2) is 11.5 Å². The minimum Gasteiger partial charge on any atom is -0.504 e. The molecule has 0 aromatic heterocycles. The smallest absolute Gasteiger partial charge is 0.162 e. The van der Waals surface area contributed by atoms with Crippen molar-refractivity contribution in [1.29, 1.82) is 0 Å². The fourth-order valence-electron chi connectivity index (χ4n) is 1.31. The standard InChI is InChI=1S/C10H15NO2/c1-2-4-8(11)7-5-3-6-9(12)10(7)13/h3,5-6,8,12-13H,2,4,11H2,1H3/t8-/m1/s1. The summed E-state index contributed by atoms with van der Waals surface area (Å²) in [5, 5.41) is 18.7. The van der Waals surface area contributed by atoms with E-state index in [-0.39, 0.29) is 17.5 Å². The lowest BCUT2D eigenvalue weighted by Gasteiger charge is -2.12. The van der Waals surface area contributed by atoms with E-state index >= 15 is 0 Å². The maximum Gasteiger partial charge on any atom is 0.162 e. The minimum atomic E-state index is -0.197. The van der Waals surface area contributed by atoms with E-state index in [2.05, 4.69) is 0 Å². The summed E-state index contributed by atoms with van der Waals surface area (Å²) in [6, 6.07) is 4.66. The highest BCUT2D eigenvalue weighted by atomic mass is 16.3. The zero-order chi connectivity index (χ0) is 9.84. The molecule has 3 nitrogen and oxygen atoms in total. The van der Waals surface area contributed by atoms with Gasteiger partial charge in [0.25, 0.3) is 0 Å². The van der Waals surface area contributed by atoms with Crippen LogP contribution in [-0.4, -0.2) is 10.2 Å². The van der Waals surface area contributed by atoms with Gasteiger partial charge < -0.3 is 15.9 Å². The average Bonchev–Trinajstić information content (AvgIpc) is 2.10. The van der Waals surface area contributed by atoms with Gasteiger partial charge in [0.05, 0.1) is 0 Å². The van der Waals surface area contributed by atoms with Crippen LogP contribution in [0.5, 0.6) is 11.5 Å². The van der Waals surface area contributed by atoms with Gasteiger partial charge in [0, 0.05) is 11.6 Å². The molecular formula is C10H15NO2. The Morgan fingerprint density at radius 1 is 1.38 bits per heavy atom. The molecule has 0 unspecified atom stereocenters. The summed E-state index contributed by atoms with van der Waals surface area (Å²) in [5.41, 5.74) is 6.42. The average molecular weight is 181 g/mol. The third kappa shape index (κ3) is 2.12. The molecule has 1 aromatic rings. The lowest BCUT2D eigenvalue weighted by atomic mass is 10.0. The Bertz CT molecular complexity index is 286. The largest absolute Gasteiger partial charge is 0.504 e. The monoisotopic (exact) mass is 181 g/mol. The number of hydrogen-bond donors (Lipinski definition) is 3. The zero-order valence-corrected chi connectivity index (χ0v) is 7.70. The molecule has 4 N–H and O–H groups in total. The molecule has 1 rings (SSSR count). The normalized spacial score (nSPS) is 12.8. The van der Waals surface area contributed by atoms with Crippen LogP contribution < -0.4 is 5.73 Å². The predicted octanol–water partition coefficient (Wildman–Crippen LogP) is 1.90. The van der Waals surface area contributed by atoms with E-state index in [9.17, 15) is 10.2 Å². The van der Waals surface area contributed by atoms with E-state index in [1.54, 1.807) is 12.1 Å². The fourth-order valence-corrected chi connectivity index (χ4v) is 1.31. The Morgan fingerprint density at radius 3 is 2.69 bits per heavy atom. The molecule has 0 amide bonds. The number of phenolic OH excluding ortho intramolecular Hbond substituents is 2. The van der Waals surface area contributed by atoms with Crippen molar-refractivity contribution in [2.45, 2.75) is 25.8 Å². The summed E-state index contributed by atoms with van der Waals surface area (Å²) in [7, 11) is 0. The third-order valence-corrected chi connectivity index (χ3v) is 2.05. The maximum atomic E-state index is 9.46. The molecule has 0 spiro atoms. The lowest BCUT2D eigenvalue weighted by Crippen LogP contribution is -2.09. The number of nitrogens with two attached hydrogens (primary N) is 1. The first kappa shape index (κ1) is 9.86. The second-order valence-corrected chi connectivity index (χ2v) is 3.11. The van der Waals surface area contributed by atoms with E-state index < -0.39 is 0 Å². The minimum absolute atomic E-state index is 0.0940. The van der Waals surface area contributed by atoms with Crippen LogP contribution in [0.25, 0.3) is 0 Å². The van der Waals surface area contributed by atoms with E-state index in [0.717, 1.165) is 12.8 Å². The van der Waals surface area contributed by atoms with Crippen LogP contribution in [0.4, 0.5) is 0 Å². The highest BCUT2D eigenvalue weighted by Crippen LogP contribution is 2.32. The van der Waals surface area contributed by atoms with Crippen LogP contribution in [0.15, 0.2) is 18.2 Å². The summed E-state index contributed by atoms with van der Waals surface area (Å²) < 4.78 is 0. The van der Waals surface area contributed by atoms with Crippen LogP contribution in [0.1, 0.15) is 31.4 Å². The number of rotatable bonds is 3. The van der Waals surface area contributed by atoms with Crippen molar-refractivity contribution in [3.63, 3.8) is 0 Å². The number of hydrogen-bond acceptors (Lipinski definition) is 3. The Kier molecular flexibility index (Phi) is 3.14. The predicted molar refractivity (Wildman–Crippen MR) is 51.6 cm³/mol. The molecule has 0 heterocycles. The quantitative estimate of drug-likeness (QED) is 0.624. The summed E-state index contributed by atoms with van der Waals surface area (Å²) in [6.45, 7) is 2.03. The van der Waals surface area contributed by atoms with Gasteiger partial charge in [-0.15, -0.1) is 0 Å². The molecule has 0 saturated carbocycles. The zero-order valence-electron chi connectivity index (χ0n) is 7.70. The van der Waals surface area contributed by atoms with Crippen molar-refractivity contribution in [2.24, 2.45) is 5.73 Å². The van der Waals surface area contributed by atoms with Gasteiger partial charge in [0.1, 0.15) is 0 Å². The molecule has 1 aromatic carbocycles. The van der Waals surface area contributed by atoms with Crippen molar-refractivity contribution in [1.82, 2.24) is 0 Å². The molecule has 0 aliphatic carbocycles. The first-order chi connectivity index (χ1) is 6.16. The number of benzene rings is 1. The molecule has 0 aliphatic rings. The van der Waals surface area contributed by atoms with E-state index in [1.165, 1.54) is 6.07 Å². The Labute approximate surface area is 77.8 Å². The molecule has 0 radical (unpaired) electrons. The molecule has 1 atom stereocenters. The number of para-hydroxylation sites is 1. The Morgan fingerprint density at radius 2 is 2.08 bits per heavy atom. The van der Waals surface area contributed by atoms with Crippen molar-refractivity contribution in [3.8, 4) is 11.5 Å². The van der Waals surface area contributed by atoms with Gasteiger partial charge in [-0.25, -0.2) is 0 Å². The molecule has 0 fully saturated rings. The van der Waals surface area contributed by atoms with Crippen molar-refractivity contribution in [3.05, 3.63) is 23.8 Å². The fraction of sp³-hybridized carbons (Fsp3) is 0.400. The van der Waals surface area contributed by atoms with E-state index in [0.29, 0.717) is 5.56 Å². The van der Waals surface area contributed by atoms with Crippen molar-refractivity contribution < 1.29 is 10.2 Å². The van der Waals surface area contributed by atoms with Gasteiger partial charge in [-0.3, -0.25) is 0 Å². The van der Waals surface area contributed by atoms with Crippen molar-refractivity contribution >= 4 is 0 Å². The molecule has 0 bridgehead atoms. The van der Waals surface area contributed by atoms with Gasteiger partial charge >= 0.3 is 0 Å². The van der Waals surface area contributed by atoms with E-state index in [1.807, 2.05) is 6.92 Å². The van der Waals surface area contributed by atoms with Gasteiger partial charge in [-0.05, 0) is 12.5 Å². The Balaban J connectivity index is 2.93. The molecule has 72 valence electrons. The van der Waals surface area contributed by atoms with Crippen LogP contribution in [0, 0.1) is 0 Å². The Hall–Kier alpha value is -1.22. The SMILES string of the molecule is CCC[C@@H](N)c1cccc(O)c1O. The van der Waals surface area contributed by atoms with Gasteiger partial charge in [-0.1, -0.05) is 25.5 Å². The second kappa shape index (κ2) is 4.14. The number of aromatic hydroxyl groups is 2. The van der Waals surface area contributed by atoms with Crippen LogP contribution in [0.2, 0.25) is 0 Å². The van der Waals surface area contributed by atoms with Crippen molar-refractivity contribution in [2.75, 3.05) is 0 Å². The molecule has 13 heavy (non-hydrogen) atoms. The summed E-state index contributed by atoms with van der Waals surface area (Å²) in [6.07, 6.45) is 1.76. The first-order valence-corrected chi connectivity index (χ1v) is 4.43. The molecule has 3 heteroatoms. The van der Waals surface area contributed by atoms with Gasteiger partial charge in [0.2, 0.25) is 0 Å². The third-order valence-electron chi connectivity index (χ3n) is 2.05. The first-order valence-electron chi connectivity index (χ1n) is 4.43. The van der Waals surface area contributed by atoms with Crippen LogP contribution in [-0.2, 0) is 0 Å². The summed E-state index contributed by atoms with van der Waals surface area (Å²) in [5.74, 6) is -0.201. The molecular weight excluding hydrogens is 166 g/mol. The van der Waals surface area contributed by atoms with E-state index in [4.69, 9.17) is 5.73 Å². The molecule has 0 saturated heterocycles. The second-order valence-electron chi connectivity index (χ2n) is 3.11.